The lowest BCUT2D eigenvalue weighted by atomic mass is 9.92. The molecular weight excluding hydrogens is 292 g/mol. The van der Waals surface area contributed by atoms with Crippen molar-refractivity contribution in [3.8, 4) is 0 Å². The van der Waals surface area contributed by atoms with Crippen molar-refractivity contribution >= 4 is 21.4 Å². The summed E-state index contributed by atoms with van der Waals surface area (Å²) in [4.78, 5) is 4.41. The molecule has 1 aliphatic carbocycles. The molecule has 20 heavy (non-hydrogen) atoms. The topological polar surface area (TPSA) is 50.3 Å². The third-order valence-electron chi connectivity index (χ3n) is 3.73. The van der Waals surface area contributed by atoms with Crippen LogP contribution in [-0.2, 0) is 16.4 Å². The normalized spacial score (nSPS) is 19.0. The smallest absolute Gasteiger partial charge is 0.252 e. The molecule has 0 bridgehead atoms. The predicted octanol–water partition coefficient (Wildman–Crippen LogP) is 2.84. The van der Waals surface area contributed by atoms with Gasteiger partial charge in [0.05, 0.1) is 11.7 Å². The van der Waals surface area contributed by atoms with Crippen LogP contribution in [0.15, 0.2) is 40.1 Å². The molecule has 0 saturated carbocycles. The second kappa shape index (κ2) is 5.27. The number of pyridine rings is 1. The van der Waals surface area contributed by atoms with Gasteiger partial charge in [0, 0.05) is 13.2 Å². The molecule has 2 aromatic rings. The van der Waals surface area contributed by atoms with Crippen LogP contribution in [0, 0.1) is 0 Å². The first-order chi connectivity index (χ1) is 9.60. The Morgan fingerprint density at radius 3 is 2.95 bits per heavy atom. The Kier molecular flexibility index (Phi) is 3.62. The number of aryl methyl sites for hydroxylation is 1. The summed E-state index contributed by atoms with van der Waals surface area (Å²) in [5.74, 6) is 0. The van der Waals surface area contributed by atoms with Gasteiger partial charge >= 0.3 is 0 Å². The van der Waals surface area contributed by atoms with Gasteiger partial charge in [-0.2, -0.15) is 4.31 Å². The summed E-state index contributed by atoms with van der Waals surface area (Å²) in [6, 6.07) is 7.21. The summed E-state index contributed by atoms with van der Waals surface area (Å²) in [5, 5.41) is 1.79. The van der Waals surface area contributed by atoms with Crippen molar-refractivity contribution < 1.29 is 8.42 Å². The average molecular weight is 308 g/mol. The SMILES string of the molecule is CN([C@@H]1CCCc2cccnc21)S(=O)(=O)c1cccs1. The Balaban J connectivity index is 1.99. The van der Waals surface area contributed by atoms with Crippen molar-refractivity contribution in [1.29, 1.82) is 0 Å². The zero-order valence-electron chi connectivity index (χ0n) is 11.2. The molecule has 0 unspecified atom stereocenters. The fraction of sp³-hybridized carbons (Fsp3) is 0.357. The van der Waals surface area contributed by atoms with E-state index in [1.165, 1.54) is 15.6 Å². The van der Waals surface area contributed by atoms with Crippen LogP contribution in [0.5, 0.6) is 0 Å². The first kappa shape index (κ1) is 13.7. The first-order valence-corrected chi connectivity index (χ1v) is 8.88. The zero-order valence-corrected chi connectivity index (χ0v) is 12.8. The van der Waals surface area contributed by atoms with Crippen molar-refractivity contribution in [1.82, 2.24) is 9.29 Å². The predicted molar refractivity (Wildman–Crippen MR) is 79.2 cm³/mol. The maximum absolute atomic E-state index is 12.6. The van der Waals surface area contributed by atoms with Crippen molar-refractivity contribution in [3.63, 3.8) is 0 Å². The first-order valence-electron chi connectivity index (χ1n) is 6.56. The fourth-order valence-electron chi connectivity index (χ4n) is 2.66. The molecule has 2 heterocycles. The molecule has 0 aromatic carbocycles. The molecule has 0 N–H and O–H groups in total. The van der Waals surface area contributed by atoms with E-state index in [9.17, 15) is 8.42 Å². The lowest BCUT2D eigenvalue weighted by Gasteiger charge is -2.31. The van der Waals surface area contributed by atoms with Gasteiger partial charge in [-0.15, -0.1) is 11.3 Å². The molecule has 2 aromatic heterocycles. The van der Waals surface area contributed by atoms with Gasteiger partial charge in [-0.1, -0.05) is 12.1 Å². The van der Waals surface area contributed by atoms with Gasteiger partial charge in [-0.25, -0.2) is 8.42 Å². The lowest BCUT2D eigenvalue weighted by Crippen LogP contribution is -2.33. The molecule has 0 spiro atoms. The van der Waals surface area contributed by atoms with Crippen LogP contribution >= 0.6 is 11.3 Å². The van der Waals surface area contributed by atoms with E-state index in [0.29, 0.717) is 4.21 Å². The van der Waals surface area contributed by atoms with Gasteiger partial charge in [0.2, 0.25) is 0 Å². The number of hydrogen-bond donors (Lipinski definition) is 0. The summed E-state index contributed by atoms with van der Waals surface area (Å²) >= 11 is 1.25. The summed E-state index contributed by atoms with van der Waals surface area (Å²) in [7, 11) is -1.77. The van der Waals surface area contributed by atoms with Crippen LogP contribution in [0.1, 0.15) is 30.1 Å². The Hall–Kier alpha value is -1.24. The fourth-order valence-corrected chi connectivity index (χ4v) is 5.19. The summed E-state index contributed by atoms with van der Waals surface area (Å²) < 4.78 is 27.1. The maximum Gasteiger partial charge on any atom is 0.252 e. The van der Waals surface area contributed by atoms with Gasteiger partial charge in [0.15, 0.2) is 0 Å². The molecule has 1 aliphatic rings. The second-order valence-electron chi connectivity index (χ2n) is 4.91. The van der Waals surface area contributed by atoms with E-state index in [0.717, 1.165) is 30.5 Å². The van der Waals surface area contributed by atoms with Crippen LogP contribution in [0.2, 0.25) is 0 Å². The van der Waals surface area contributed by atoms with E-state index in [-0.39, 0.29) is 6.04 Å². The Morgan fingerprint density at radius 2 is 2.20 bits per heavy atom. The number of thiophene rings is 1. The van der Waals surface area contributed by atoms with Crippen LogP contribution < -0.4 is 0 Å². The number of rotatable bonds is 3. The van der Waals surface area contributed by atoms with E-state index >= 15 is 0 Å². The molecule has 0 radical (unpaired) electrons. The molecule has 3 rings (SSSR count). The molecule has 4 nitrogen and oxygen atoms in total. The molecule has 106 valence electrons. The number of aromatic nitrogens is 1. The minimum absolute atomic E-state index is 0.160. The number of sulfonamides is 1. The summed E-state index contributed by atoms with van der Waals surface area (Å²) in [6.45, 7) is 0. The highest BCUT2D eigenvalue weighted by molar-refractivity contribution is 7.91. The highest BCUT2D eigenvalue weighted by atomic mass is 32.2. The summed E-state index contributed by atoms with van der Waals surface area (Å²) in [6.07, 6.45) is 4.54. The van der Waals surface area contributed by atoms with Crippen molar-refractivity contribution in [2.24, 2.45) is 0 Å². The van der Waals surface area contributed by atoms with Crippen molar-refractivity contribution in [2.45, 2.75) is 29.5 Å². The summed E-state index contributed by atoms with van der Waals surface area (Å²) in [5.41, 5.74) is 2.07. The van der Waals surface area contributed by atoms with Crippen molar-refractivity contribution in [2.75, 3.05) is 7.05 Å². The molecule has 0 amide bonds. The molecule has 6 heteroatoms. The van der Waals surface area contributed by atoms with Crippen LogP contribution in [0.4, 0.5) is 0 Å². The zero-order chi connectivity index (χ0) is 14.2. The molecule has 0 fully saturated rings. The molecule has 1 atom stereocenters. The van der Waals surface area contributed by atoms with Gasteiger partial charge in [-0.05, 0) is 42.3 Å². The van der Waals surface area contributed by atoms with Gasteiger partial charge in [-0.3, -0.25) is 4.98 Å². The van der Waals surface area contributed by atoms with E-state index in [2.05, 4.69) is 4.98 Å². The number of nitrogens with zero attached hydrogens (tertiary/aromatic N) is 2. The minimum Gasteiger partial charge on any atom is -0.259 e. The third kappa shape index (κ3) is 2.28. The quantitative estimate of drug-likeness (QED) is 0.876. The Labute approximate surface area is 123 Å². The van der Waals surface area contributed by atoms with E-state index < -0.39 is 10.0 Å². The lowest BCUT2D eigenvalue weighted by molar-refractivity contribution is 0.330. The monoisotopic (exact) mass is 308 g/mol. The van der Waals surface area contributed by atoms with Gasteiger partial charge < -0.3 is 0 Å². The molecular formula is C14H16N2O2S2. The van der Waals surface area contributed by atoms with Crippen LogP contribution in [-0.4, -0.2) is 24.8 Å². The maximum atomic E-state index is 12.6. The highest BCUT2D eigenvalue weighted by Gasteiger charge is 2.33. The molecule has 0 saturated heterocycles. The Morgan fingerprint density at radius 1 is 1.35 bits per heavy atom. The van der Waals surface area contributed by atoms with Crippen LogP contribution in [0.25, 0.3) is 0 Å². The largest absolute Gasteiger partial charge is 0.259 e. The second-order valence-corrected chi connectivity index (χ2v) is 8.08. The highest BCUT2D eigenvalue weighted by Crippen LogP contribution is 2.35. The van der Waals surface area contributed by atoms with E-state index in [1.807, 2.05) is 12.1 Å². The third-order valence-corrected chi connectivity index (χ3v) is 6.97. The number of hydrogen-bond acceptors (Lipinski definition) is 4. The van der Waals surface area contributed by atoms with E-state index in [4.69, 9.17) is 0 Å². The number of fused-ring (bicyclic) bond motifs is 1. The Bertz CT molecular complexity index is 696. The van der Waals surface area contributed by atoms with Gasteiger partial charge in [0.1, 0.15) is 4.21 Å². The van der Waals surface area contributed by atoms with E-state index in [1.54, 1.807) is 30.8 Å². The van der Waals surface area contributed by atoms with Crippen LogP contribution in [0.3, 0.4) is 0 Å². The van der Waals surface area contributed by atoms with Gasteiger partial charge in [0.25, 0.3) is 10.0 Å². The van der Waals surface area contributed by atoms with Crippen molar-refractivity contribution in [3.05, 3.63) is 47.1 Å². The molecule has 0 aliphatic heterocycles. The standard InChI is InChI=1S/C14H16N2O2S2/c1-16(20(17,18)13-8-4-10-19-13)12-7-2-5-11-6-3-9-15-14(11)12/h3-4,6,8-10,12H,2,5,7H2,1H3/t12-/m1/s1. The average Bonchev–Trinajstić information content (AvgIpc) is 3.01. The minimum atomic E-state index is -3.43.